The minimum Gasteiger partial charge on any atom is -0.293 e. The van der Waals surface area contributed by atoms with Crippen LogP contribution in [0.1, 0.15) is 48.5 Å². The number of hydrogen-bond acceptors (Lipinski definition) is 2. The average Bonchev–Trinajstić information content (AvgIpc) is 2.92. The summed E-state index contributed by atoms with van der Waals surface area (Å²) in [4.78, 5) is 14.9. The molecular weight excluding hydrogens is 277 g/mol. The third kappa shape index (κ3) is 3.80. The topological polar surface area (TPSA) is 20.3 Å². The molecule has 1 aromatic carbocycles. The van der Waals surface area contributed by atoms with Gasteiger partial charge in [-0.2, -0.15) is 0 Å². The third-order valence-corrected chi connectivity index (χ3v) is 3.89. The number of halogens is 2. The number of benzene rings is 1. The van der Waals surface area contributed by atoms with Gasteiger partial charge in [0.1, 0.15) is 5.82 Å². The second-order valence-electron chi connectivity index (χ2n) is 5.38. The molecule has 0 radical (unpaired) electrons. The lowest BCUT2D eigenvalue weighted by Crippen LogP contribution is -2.39. The summed E-state index contributed by atoms with van der Waals surface area (Å²) < 4.78 is 13.3. The van der Waals surface area contributed by atoms with Crippen molar-refractivity contribution in [1.29, 1.82) is 0 Å². The molecular formula is C16H23ClFNO. The highest BCUT2D eigenvalue weighted by molar-refractivity contribution is 6.00. The number of hydrogen-bond donors (Lipinski definition) is 0. The minimum absolute atomic E-state index is 0. The van der Waals surface area contributed by atoms with Crippen LogP contribution in [-0.2, 0) is 0 Å². The molecule has 0 N–H and O–H groups in total. The molecule has 1 saturated heterocycles. The number of aryl methyl sites for hydroxylation is 1. The molecule has 0 saturated carbocycles. The van der Waals surface area contributed by atoms with Crippen LogP contribution in [0.5, 0.6) is 0 Å². The summed E-state index contributed by atoms with van der Waals surface area (Å²) in [5.74, 6) is -0.100. The SMILES string of the molecule is CCCC(C(=O)c1ccc(F)c(C)c1)N1CCCC1.Cl. The lowest BCUT2D eigenvalue weighted by Gasteiger charge is -2.26. The number of carbonyl (C=O) groups excluding carboxylic acids is 1. The number of ketones is 1. The van der Waals surface area contributed by atoms with Gasteiger partial charge in [0.2, 0.25) is 0 Å². The standard InChI is InChI=1S/C16H22FNO.ClH/c1-3-6-15(18-9-4-5-10-18)16(19)13-7-8-14(17)12(2)11-13;/h7-8,11,15H,3-6,9-10H2,1-2H3;1H. The molecule has 0 amide bonds. The summed E-state index contributed by atoms with van der Waals surface area (Å²) >= 11 is 0. The summed E-state index contributed by atoms with van der Waals surface area (Å²) in [6, 6.07) is 4.66. The maximum absolute atomic E-state index is 13.3. The van der Waals surface area contributed by atoms with Crippen LogP contribution in [-0.4, -0.2) is 29.8 Å². The number of carbonyl (C=O) groups is 1. The zero-order valence-electron chi connectivity index (χ0n) is 12.2. The Morgan fingerprint density at radius 1 is 1.35 bits per heavy atom. The van der Waals surface area contributed by atoms with Gasteiger partial charge in [0.15, 0.2) is 5.78 Å². The molecule has 0 aliphatic carbocycles. The lowest BCUT2D eigenvalue weighted by molar-refractivity contribution is 0.0837. The Labute approximate surface area is 126 Å². The van der Waals surface area contributed by atoms with Crippen molar-refractivity contribution < 1.29 is 9.18 Å². The molecule has 2 rings (SSSR count). The molecule has 20 heavy (non-hydrogen) atoms. The second kappa shape index (κ2) is 7.75. The van der Waals surface area contributed by atoms with Gasteiger partial charge < -0.3 is 0 Å². The zero-order valence-corrected chi connectivity index (χ0v) is 13.0. The zero-order chi connectivity index (χ0) is 13.8. The fourth-order valence-electron chi connectivity index (χ4n) is 2.80. The van der Waals surface area contributed by atoms with E-state index in [2.05, 4.69) is 11.8 Å². The van der Waals surface area contributed by atoms with Gasteiger partial charge in [-0.05, 0) is 63.0 Å². The first kappa shape index (κ1) is 17.1. The monoisotopic (exact) mass is 299 g/mol. The Morgan fingerprint density at radius 2 is 2.00 bits per heavy atom. The van der Waals surface area contributed by atoms with Gasteiger partial charge in [0, 0.05) is 5.56 Å². The fourth-order valence-corrected chi connectivity index (χ4v) is 2.80. The molecule has 1 atom stereocenters. The van der Waals surface area contributed by atoms with Gasteiger partial charge in [0.25, 0.3) is 0 Å². The number of Topliss-reactive ketones (excluding diaryl/α,β-unsaturated/α-hetero) is 1. The second-order valence-corrected chi connectivity index (χ2v) is 5.38. The highest BCUT2D eigenvalue weighted by Crippen LogP contribution is 2.20. The summed E-state index contributed by atoms with van der Waals surface area (Å²) in [7, 11) is 0. The number of rotatable bonds is 5. The van der Waals surface area contributed by atoms with E-state index in [9.17, 15) is 9.18 Å². The predicted octanol–water partition coefficient (Wildman–Crippen LogP) is 4.00. The Balaban J connectivity index is 0.00000200. The van der Waals surface area contributed by atoms with Crippen LogP contribution in [0, 0.1) is 12.7 Å². The van der Waals surface area contributed by atoms with Gasteiger partial charge in [-0.3, -0.25) is 9.69 Å². The van der Waals surface area contributed by atoms with Crippen LogP contribution < -0.4 is 0 Å². The van der Waals surface area contributed by atoms with Crippen molar-refractivity contribution in [2.75, 3.05) is 13.1 Å². The van der Waals surface area contributed by atoms with Crippen molar-refractivity contribution >= 4 is 18.2 Å². The summed E-state index contributed by atoms with van der Waals surface area (Å²) in [5, 5.41) is 0. The van der Waals surface area contributed by atoms with Crippen molar-refractivity contribution in [3.05, 3.63) is 35.1 Å². The molecule has 1 unspecified atom stereocenters. The van der Waals surface area contributed by atoms with E-state index in [0.717, 1.165) is 25.9 Å². The van der Waals surface area contributed by atoms with E-state index in [4.69, 9.17) is 0 Å². The maximum Gasteiger partial charge on any atom is 0.179 e. The highest BCUT2D eigenvalue weighted by Gasteiger charge is 2.28. The van der Waals surface area contributed by atoms with Crippen LogP contribution in [0.2, 0.25) is 0 Å². The van der Waals surface area contributed by atoms with E-state index in [1.54, 1.807) is 19.1 Å². The summed E-state index contributed by atoms with van der Waals surface area (Å²) in [6.07, 6.45) is 4.23. The smallest absolute Gasteiger partial charge is 0.179 e. The first-order valence-electron chi connectivity index (χ1n) is 7.18. The van der Waals surface area contributed by atoms with E-state index >= 15 is 0 Å². The molecule has 1 aliphatic rings. The minimum atomic E-state index is -0.246. The van der Waals surface area contributed by atoms with Crippen LogP contribution in [0.25, 0.3) is 0 Å². The van der Waals surface area contributed by atoms with E-state index in [1.165, 1.54) is 18.9 Å². The third-order valence-electron chi connectivity index (χ3n) is 3.89. The summed E-state index contributed by atoms with van der Waals surface area (Å²) in [5.41, 5.74) is 1.19. The average molecular weight is 300 g/mol. The number of likely N-dealkylation sites (tertiary alicyclic amines) is 1. The Morgan fingerprint density at radius 3 is 2.55 bits per heavy atom. The molecule has 1 aromatic rings. The van der Waals surface area contributed by atoms with Crippen molar-refractivity contribution in [2.24, 2.45) is 0 Å². The molecule has 112 valence electrons. The fraction of sp³-hybridized carbons (Fsp3) is 0.562. The van der Waals surface area contributed by atoms with Crippen LogP contribution in [0.3, 0.4) is 0 Å². The van der Waals surface area contributed by atoms with Gasteiger partial charge in [-0.1, -0.05) is 13.3 Å². The normalized spacial score (nSPS) is 16.8. The molecule has 1 aliphatic heterocycles. The largest absolute Gasteiger partial charge is 0.293 e. The quantitative estimate of drug-likeness (QED) is 0.766. The predicted molar refractivity (Wildman–Crippen MR) is 82.2 cm³/mol. The first-order valence-corrected chi connectivity index (χ1v) is 7.18. The Hall–Kier alpha value is -0.930. The number of nitrogens with zero attached hydrogens (tertiary/aromatic N) is 1. The molecule has 4 heteroatoms. The molecule has 1 heterocycles. The lowest BCUT2D eigenvalue weighted by atomic mass is 9.98. The van der Waals surface area contributed by atoms with E-state index in [1.807, 2.05) is 0 Å². The van der Waals surface area contributed by atoms with Gasteiger partial charge >= 0.3 is 0 Å². The van der Waals surface area contributed by atoms with Crippen molar-refractivity contribution in [3.63, 3.8) is 0 Å². The molecule has 0 bridgehead atoms. The van der Waals surface area contributed by atoms with Crippen LogP contribution in [0.15, 0.2) is 18.2 Å². The van der Waals surface area contributed by atoms with Crippen molar-refractivity contribution in [1.82, 2.24) is 4.90 Å². The molecule has 1 fully saturated rings. The Kier molecular flexibility index (Phi) is 6.63. The molecule has 2 nitrogen and oxygen atoms in total. The first-order chi connectivity index (χ1) is 9.13. The molecule has 0 spiro atoms. The summed E-state index contributed by atoms with van der Waals surface area (Å²) in [6.45, 7) is 5.83. The van der Waals surface area contributed by atoms with Gasteiger partial charge in [0.05, 0.1) is 6.04 Å². The van der Waals surface area contributed by atoms with E-state index < -0.39 is 0 Å². The van der Waals surface area contributed by atoms with Gasteiger partial charge in [-0.25, -0.2) is 4.39 Å². The van der Waals surface area contributed by atoms with Crippen LogP contribution >= 0.6 is 12.4 Å². The van der Waals surface area contributed by atoms with E-state index in [-0.39, 0.29) is 30.0 Å². The maximum atomic E-state index is 13.3. The van der Waals surface area contributed by atoms with E-state index in [0.29, 0.717) is 11.1 Å². The van der Waals surface area contributed by atoms with Crippen molar-refractivity contribution in [2.45, 2.75) is 45.6 Å². The van der Waals surface area contributed by atoms with Crippen LogP contribution in [0.4, 0.5) is 4.39 Å². The Bertz CT molecular complexity index is 458. The van der Waals surface area contributed by atoms with Gasteiger partial charge in [-0.15, -0.1) is 12.4 Å². The highest BCUT2D eigenvalue weighted by atomic mass is 35.5. The molecule has 0 aromatic heterocycles. The van der Waals surface area contributed by atoms with Crippen molar-refractivity contribution in [3.8, 4) is 0 Å².